The minimum Gasteiger partial charge on any atom is -0.478 e. The van der Waals surface area contributed by atoms with Crippen molar-refractivity contribution in [3.8, 4) is 0 Å². The molecule has 6 nitrogen and oxygen atoms in total. The molecule has 184 valence electrons. The number of hydrogen-bond donors (Lipinski definition) is 1. The molecule has 1 heterocycles. The molecule has 0 aromatic carbocycles. The van der Waals surface area contributed by atoms with Crippen LogP contribution in [0.3, 0.4) is 0 Å². The smallest absolute Gasteiger partial charge is 0.412 e. The van der Waals surface area contributed by atoms with Crippen LogP contribution in [0.25, 0.3) is 0 Å². The average molecular weight is 452 g/mol. The highest BCUT2D eigenvalue weighted by molar-refractivity contribution is 5.79. The van der Waals surface area contributed by atoms with E-state index in [0.29, 0.717) is 18.3 Å². The van der Waals surface area contributed by atoms with Crippen LogP contribution in [0.1, 0.15) is 99.8 Å². The van der Waals surface area contributed by atoms with E-state index in [4.69, 9.17) is 14.6 Å². The third kappa shape index (κ3) is 7.79. The molecule has 0 spiro atoms. The molecule has 2 rings (SSSR count). The molecule has 32 heavy (non-hydrogen) atoms. The molecule has 0 bridgehead atoms. The average Bonchev–Trinajstić information content (AvgIpc) is 2.89. The highest BCUT2D eigenvalue weighted by Crippen LogP contribution is 2.42. The van der Waals surface area contributed by atoms with Crippen LogP contribution in [0.2, 0.25) is 0 Å². The number of amides is 1. The topological polar surface area (TPSA) is 76.1 Å². The Bertz CT molecular complexity index is 658. The molecule has 1 saturated heterocycles. The van der Waals surface area contributed by atoms with Crippen LogP contribution in [0.5, 0.6) is 0 Å². The van der Waals surface area contributed by atoms with Gasteiger partial charge in [0.2, 0.25) is 0 Å². The van der Waals surface area contributed by atoms with Crippen molar-refractivity contribution in [3.05, 3.63) is 12.2 Å². The molecular formula is C26H45NO5. The molecule has 0 aromatic rings. The highest BCUT2D eigenvalue weighted by atomic mass is 16.6. The van der Waals surface area contributed by atoms with E-state index in [0.717, 1.165) is 12.8 Å². The van der Waals surface area contributed by atoms with Crippen LogP contribution in [0.15, 0.2) is 12.2 Å². The molecule has 2 aliphatic rings. The Labute approximate surface area is 194 Å². The monoisotopic (exact) mass is 451 g/mol. The maximum absolute atomic E-state index is 13.3. The minimum absolute atomic E-state index is 0.0346. The van der Waals surface area contributed by atoms with Crippen molar-refractivity contribution in [2.45, 2.75) is 123 Å². The van der Waals surface area contributed by atoms with Gasteiger partial charge in [-0.3, -0.25) is 4.90 Å². The van der Waals surface area contributed by atoms with Crippen LogP contribution >= 0.6 is 0 Å². The SMILES string of the molecule is CC(C)C(CC=CC(=O)O)C[C@@H]1OC(C)(C)N(C(=O)OC(C)(C)C)[C@H]1CC1CCCCC1. The molecule has 6 heteroatoms. The van der Waals surface area contributed by atoms with Crippen LogP contribution in [-0.4, -0.2) is 45.5 Å². The van der Waals surface area contributed by atoms with E-state index in [2.05, 4.69) is 13.8 Å². The van der Waals surface area contributed by atoms with Gasteiger partial charge in [0, 0.05) is 6.08 Å². The number of carbonyl (C=O) groups is 2. The molecule has 0 radical (unpaired) electrons. The Morgan fingerprint density at radius 1 is 1.19 bits per heavy atom. The van der Waals surface area contributed by atoms with Gasteiger partial charge >= 0.3 is 12.1 Å². The largest absolute Gasteiger partial charge is 0.478 e. The summed E-state index contributed by atoms with van der Waals surface area (Å²) in [5.41, 5.74) is -1.31. The first-order chi connectivity index (χ1) is 14.8. The number of aliphatic carboxylic acids is 1. The van der Waals surface area contributed by atoms with E-state index in [9.17, 15) is 9.59 Å². The summed E-state index contributed by atoms with van der Waals surface area (Å²) in [6.07, 6.45) is 11.2. The molecule has 1 N–H and O–H groups in total. The van der Waals surface area contributed by atoms with Gasteiger partial charge in [0.05, 0.1) is 12.1 Å². The zero-order valence-corrected chi connectivity index (χ0v) is 21.2. The second-order valence-electron chi connectivity index (χ2n) is 11.5. The number of allylic oxidation sites excluding steroid dienone is 1. The molecule has 1 amide bonds. The fraction of sp³-hybridized carbons (Fsp3) is 0.846. The number of ether oxygens (including phenoxy) is 2. The zero-order valence-electron chi connectivity index (χ0n) is 21.2. The second kappa shape index (κ2) is 11.0. The predicted molar refractivity (Wildman–Crippen MR) is 126 cm³/mol. The minimum atomic E-state index is -0.919. The Hall–Kier alpha value is -1.56. The van der Waals surface area contributed by atoms with Gasteiger partial charge in [0.1, 0.15) is 11.3 Å². The van der Waals surface area contributed by atoms with Gasteiger partial charge in [-0.2, -0.15) is 0 Å². The quantitative estimate of drug-likeness (QED) is 0.433. The van der Waals surface area contributed by atoms with Gasteiger partial charge in [0.25, 0.3) is 0 Å². The summed E-state index contributed by atoms with van der Waals surface area (Å²) in [4.78, 5) is 26.1. The van der Waals surface area contributed by atoms with Crippen molar-refractivity contribution >= 4 is 12.1 Å². The lowest BCUT2D eigenvalue weighted by molar-refractivity contribution is -0.131. The normalized spacial score (nSPS) is 25.4. The molecule has 1 unspecified atom stereocenters. The summed E-state index contributed by atoms with van der Waals surface area (Å²) in [5, 5.41) is 8.96. The number of nitrogens with zero attached hydrogens (tertiary/aromatic N) is 1. The first kappa shape index (κ1) is 26.7. The molecule has 3 atom stereocenters. The molecule has 1 saturated carbocycles. The number of hydrogen-bond acceptors (Lipinski definition) is 4. The molecule has 0 aromatic heterocycles. The van der Waals surface area contributed by atoms with Crippen molar-refractivity contribution in [3.63, 3.8) is 0 Å². The lowest BCUT2D eigenvalue weighted by Gasteiger charge is -2.37. The summed E-state index contributed by atoms with van der Waals surface area (Å²) < 4.78 is 12.3. The van der Waals surface area contributed by atoms with Crippen molar-refractivity contribution in [1.29, 1.82) is 0 Å². The van der Waals surface area contributed by atoms with E-state index in [-0.39, 0.29) is 24.2 Å². The Balaban J connectivity index is 2.27. The van der Waals surface area contributed by atoms with E-state index in [1.807, 2.05) is 39.5 Å². The molecule has 1 aliphatic heterocycles. The van der Waals surface area contributed by atoms with Crippen molar-refractivity contribution < 1.29 is 24.2 Å². The van der Waals surface area contributed by atoms with Gasteiger partial charge in [0.15, 0.2) is 0 Å². The lowest BCUT2D eigenvalue weighted by atomic mass is 9.80. The van der Waals surface area contributed by atoms with E-state index >= 15 is 0 Å². The van der Waals surface area contributed by atoms with E-state index < -0.39 is 17.3 Å². The summed E-state index contributed by atoms with van der Waals surface area (Å²) in [6.45, 7) is 13.9. The second-order valence-corrected chi connectivity index (χ2v) is 11.5. The fourth-order valence-electron chi connectivity index (χ4n) is 5.25. The van der Waals surface area contributed by atoms with Crippen molar-refractivity contribution in [1.82, 2.24) is 4.90 Å². The van der Waals surface area contributed by atoms with Gasteiger partial charge in [-0.1, -0.05) is 52.0 Å². The third-order valence-corrected chi connectivity index (χ3v) is 6.85. The predicted octanol–water partition coefficient (Wildman–Crippen LogP) is 6.39. The Morgan fingerprint density at radius 3 is 2.34 bits per heavy atom. The van der Waals surface area contributed by atoms with Gasteiger partial charge in [-0.15, -0.1) is 0 Å². The summed E-state index contributed by atoms with van der Waals surface area (Å²) >= 11 is 0. The van der Waals surface area contributed by atoms with Crippen LogP contribution < -0.4 is 0 Å². The van der Waals surface area contributed by atoms with Gasteiger partial charge in [-0.25, -0.2) is 9.59 Å². The number of carbonyl (C=O) groups excluding carboxylic acids is 1. The van der Waals surface area contributed by atoms with Gasteiger partial charge in [-0.05, 0) is 71.6 Å². The zero-order chi connectivity index (χ0) is 24.1. The van der Waals surface area contributed by atoms with Crippen LogP contribution in [0.4, 0.5) is 4.79 Å². The first-order valence-corrected chi connectivity index (χ1v) is 12.4. The number of carboxylic acids is 1. The highest BCUT2D eigenvalue weighted by Gasteiger charge is 2.51. The maximum atomic E-state index is 13.3. The first-order valence-electron chi connectivity index (χ1n) is 12.4. The molecule has 2 fully saturated rings. The number of carboxylic acid groups (broad SMARTS) is 1. The lowest BCUT2D eigenvalue weighted by Crippen LogP contribution is -2.51. The van der Waals surface area contributed by atoms with E-state index in [1.165, 1.54) is 38.2 Å². The van der Waals surface area contributed by atoms with Crippen LogP contribution in [0, 0.1) is 17.8 Å². The van der Waals surface area contributed by atoms with Gasteiger partial charge < -0.3 is 14.6 Å². The Kier molecular flexibility index (Phi) is 9.21. The third-order valence-electron chi connectivity index (χ3n) is 6.85. The van der Waals surface area contributed by atoms with E-state index in [1.54, 1.807) is 6.08 Å². The Morgan fingerprint density at radius 2 is 1.81 bits per heavy atom. The molecule has 1 aliphatic carbocycles. The summed E-state index contributed by atoms with van der Waals surface area (Å²) in [7, 11) is 0. The maximum Gasteiger partial charge on any atom is 0.412 e. The fourth-order valence-corrected chi connectivity index (χ4v) is 5.25. The summed E-state index contributed by atoms with van der Waals surface area (Å²) in [5.74, 6) is 0.338. The summed E-state index contributed by atoms with van der Waals surface area (Å²) in [6, 6.07) is -0.0346. The number of rotatable bonds is 8. The standard InChI is InChI=1S/C26H45NO5/c1-18(2)20(14-11-15-23(28)29)17-22-21(16-19-12-9-8-10-13-19)27(26(6,7)31-22)24(30)32-25(3,4)5/h11,15,18-22H,8-10,12-14,16-17H2,1-7H3,(H,28,29)/t20?,21-,22-/m0/s1. The molecular weight excluding hydrogens is 406 g/mol. The van der Waals surface area contributed by atoms with Crippen LogP contribution in [-0.2, 0) is 14.3 Å². The van der Waals surface area contributed by atoms with Crippen molar-refractivity contribution in [2.75, 3.05) is 0 Å². The van der Waals surface area contributed by atoms with Crippen molar-refractivity contribution in [2.24, 2.45) is 17.8 Å².